The van der Waals surface area contributed by atoms with Crippen LogP contribution in [0.1, 0.15) is 0 Å². The molecule has 0 saturated carbocycles. The second kappa shape index (κ2) is 9.14. The molecule has 0 fully saturated rings. The molecule has 1 aromatic rings. The molecule has 1 heterocycles. The van der Waals surface area contributed by atoms with Gasteiger partial charge in [-0.1, -0.05) is 29.3 Å². The number of nitrogens with two attached hydrogens (primary N) is 1. The van der Waals surface area contributed by atoms with Crippen LogP contribution in [0.4, 0.5) is 22.0 Å². The first-order valence-corrected chi connectivity index (χ1v) is 10.2. The van der Waals surface area contributed by atoms with E-state index in [4.69, 9.17) is 27.9 Å². The predicted octanol–water partition coefficient (Wildman–Crippen LogP) is 2.69. The molecule has 8 nitrogen and oxygen atoms in total. The summed E-state index contributed by atoms with van der Waals surface area (Å²) in [4.78, 5) is 15.3. The first-order valence-electron chi connectivity index (χ1n) is 7.86. The first-order chi connectivity index (χ1) is 14.1. The highest BCUT2D eigenvalue weighted by atomic mass is 35.5. The van der Waals surface area contributed by atoms with Crippen LogP contribution in [0, 0.1) is 5.92 Å². The summed E-state index contributed by atoms with van der Waals surface area (Å²) in [5, 5.41) is 1.36. The smallest absolute Gasteiger partial charge is 0.340 e. The van der Waals surface area contributed by atoms with Crippen molar-refractivity contribution in [1.29, 1.82) is 0 Å². The van der Waals surface area contributed by atoms with Gasteiger partial charge in [0.25, 0.3) is 10.2 Å². The van der Waals surface area contributed by atoms with Gasteiger partial charge in [-0.05, 0) is 6.08 Å². The van der Waals surface area contributed by atoms with Crippen LogP contribution in [-0.2, 0) is 15.0 Å². The Balaban J connectivity index is 2.09. The van der Waals surface area contributed by atoms with Crippen LogP contribution in [-0.4, -0.2) is 43.4 Å². The predicted molar refractivity (Wildman–Crippen MR) is 98.0 cm³/mol. The summed E-state index contributed by atoms with van der Waals surface area (Å²) in [6, 6.07) is 1.01. The summed E-state index contributed by atoms with van der Waals surface area (Å²) in [5.74, 6) is -8.53. The van der Waals surface area contributed by atoms with Crippen molar-refractivity contribution in [3.63, 3.8) is 0 Å². The molecule has 0 aromatic carbocycles. The molecule has 1 aromatic heterocycles. The molecule has 1 amide bonds. The number of rotatable bonds is 8. The number of halogens is 7. The van der Waals surface area contributed by atoms with Gasteiger partial charge in [-0.25, -0.2) is 28.0 Å². The fourth-order valence-electron chi connectivity index (χ4n) is 2.11. The topological polar surface area (TPSA) is 121 Å². The zero-order valence-corrected chi connectivity index (χ0v) is 17.2. The van der Waals surface area contributed by atoms with Crippen LogP contribution >= 0.6 is 23.2 Å². The molecular weight excluding hydrogens is 500 g/mol. The van der Waals surface area contributed by atoms with Crippen LogP contribution in [0.25, 0.3) is 0 Å². The Morgan fingerprint density at radius 2 is 2.06 bits per heavy atom. The van der Waals surface area contributed by atoms with Gasteiger partial charge < -0.3 is 9.47 Å². The number of ether oxygens (including phenoxy) is 2. The molecule has 172 valence electrons. The molecule has 0 saturated heterocycles. The zero-order chi connectivity index (χ0) is 23.6. The maximum absolute atomic E-state index is 14.6. The van der Waals surface area contributed by atoms with E-state index in [1.165, 1.54) is 4.72 Å². The SMILES string of the molecule is NS(=O)(=O)NC(=O)C1C=CC(Oc2cnc(OCC(F)(F)C(F)F)c(Cl)c2)=CC1(F)Cl. The number of carbonyl (C=O) groups excluding carboxylic acids is 1. The highest BCUT2D eigenvalue weighted by Crippen LogP contribution is 2.37. The Hall–Kier alpha value is -2.16. The lowest BCUT2D eigenvalue weighted by atomic mass is 9.97. The summed E-state index contributed by atoms with van der Waals surface area (Å²) in [7, 11) is -4.45. The standard InChI is InChI=1S/C15H12Cl2F5N3O5S/c16-10-3-8(5-24-12(10)29-6-15(21,22)13(18)19)30-7-1-2-9(14(17,20)4-7)11(26)25-31(23,27)28/h1-5,9,13H,6H2,(H,25,26)(H2,23,27,28). The van der Waals surface area contributed by atoms with Crippen molar-refractivity contribution in [2.24, 2.45) is 11.1 Å². The third kappa shape index (κ3) is 6.92. The Morgan fingerprint density at radius 1 is 1.42 bits per heavy atom. The minimum absolute atomic E-state index is 0.159. The molecule has 16 heteroatoms. The second-order valence-corrected chi connectivity index (χ2v) is 8.26. The van der Waals surface area contributed by atoms with E-state index < -0.39 is 52.0 Å². The molecule has 2 rings (SSSR count). The molecule has 1 aliphatic rings. The molecule has 2 unspecified atom stereocenters. The lowest BCUT2D eigenvalue weighted by Crippen LogP contribution is -2.45. The lowest BCUT2D eigenvalue weighted by molar-refractivity contribution is -0.148. The van der Waals surface area contributed by atoms with Gasteiger partial charge >= 0.3 is 12.3 Å². The number of aromatic nitrogens is 1. The summed E-state index contributed by atoms with van der Waals surface area (Å²) >= 11 is 11.4. The van der Waals surface area contributed by atoms with Crippen molar-refractivity contribution >= 4 is 39.3 Å². The summed E-state index contributed by atoms with van der Waals surface area (Å²) in [6.45, 7) is -1.68. The minimum atomic E-state index is -4.45. The van der Waals surface area contributed by atoms with E-state index >= 15 is 0 Å². The number of nitrogens with zero attached hydrogens (tertiary/aromatic N) is 1. The summed E-state index contributed by atoms with van der Waals surface area (Å²) in [5.41, 5.74) is 0. The number of pyridine rings is 1. The number of allylic oxidation sites excluding steroid dienone is 2. The summed E-state index contributed by atoms with van der Waals surface area (Å²) in [6.07, 6.45) is -0.420. The Morgan fingerprint density at radius 3 is 2.58 bits per heavy atom. The largest absolute Gasteiger partial charge is 0.470 e. The molecular formula is C15H12Cl2F5N3O5S. The van der Waals surface area contributed by atoms with Gasteiger partial charge in [-0.3, -0.25) is 4.79 Å². The van der Waals surface area contributed by atoms with E-state index in [1.807, 2.05) is 0 Å². The Bertz CT molecular complexity index is 1020. The first kappa shape index (κ1) is 25.1. The Kier molecular flexibility index (Phi) is 7.40. The average molecular weight is 512 g/mol. The van der Waals surface area contributed by atoms with Crippen molar-refractivity contribution in [3.05, 3.63) is 41.3 Å². The summed E-state index contributed by atoms with van der Waals surface area (Å²) < 4.78 is 97.6. The molecule has 0 spiro atoms. The highest BCUT2D eigenvalue weighted by Gasteiger charge is 2.43. The lowest BCUT2D eigenvalue weighted by Gasteiger charge is -2.25. The number of hydrogen-bond donors (Lipinski definition) is 2. The van der Waals surface area contributed by atoms with Crippen LogP contribution in [0.5, 0.6) is 11.6 Å². The quantitative estimate of drug-likeness (QED) is 0.409. The van der Waals surface area contributed by atoms with Crippen molar-refractivity contribution in [2.45, 2.75) is 17.5 Å². The Labute approximate surface area is 182 Å². The van der Waals surface area contributed by atoms with Crippen LogP contribution in [0.3, 0.4) is 0 Å². The average Bonchev–Trinajstić information content (AvgIpc) is 2.58. The fourth-order valence-corrected chi connectivity index (χ4v) is 3.01. The van der Waals surface area contributed by atoms with Crippen LogP contribution in [0.15, 0.2) is 36.3 Å². The van der Waals surface area contributed by atoms with Crippen LogP contribution in [0.2, 0.25) is 5.02 Å². The molecule has 3 N–H and O–H groups in total. The van der Waals surface area contributed by atoms with E-state index in [-0.39, 0.29) is 16.5 Å². The number of hydrogen-bond acceptors (Lipinski definition) is 6. The number of alkyl halides is 6. The molecule has 0 radical (unpaired) electrons. The van der Waals surface area contributed by atoms with Gasteiger partial charge in [-0.2, -0.15) is 17.2 Å². The van der Waals surface area contributed by atoms with Gasteiger partial charge in [0, 0.05) is 12.1 Å². The van der Waals surface area contributed by atoms with Gasteiger partial charge in [0.2, 0.25) is 16.9 Å². The molecule has 0 bridgehead atoms. The van der Waals surface area contributed by atoms with E-state index in [1.54, 1.807) is 0 Å². The minimum Gasteiger partial charge on any atom is -0.470 e. The fraction of sp³-hybridized carbons (Fsp3) is 0.333. The molecule has 2 atom stereocenters. The van der Waals surface area contributed by atoms with Crippen molar-refractivity contribution in [1.82, 2.24) is 9.71 Å². The van der Waals surface area contributed by atoms with Crippen LogP contribution < -0.4 is 19.3 Å². The normalized spacial score (nSPS) is 21.6. The van der Waals surface area contributed by atoms with Gasteiger partial charge in [0.05, 0.1) is 6.20 Å². The van der Waals surface area contributed by atoms with Crippen molar-refractivity contribution in [2.75, 3.05) is 6.61 Å². The maximum Gasteiger partial charge on any atom is 0.340 e. The monoisotopic (exact) mass is 511 g/mol. The molecule has 31 heavy (non-hydrogen) atoms. The zero-order valence-electron chi connectivity index (χ0n) is 14.9. The van der Waals surface area contributed by atoms with E-state index in [9.17, 15) is 35.2 Å². The van der Waals surface area contributed by atoms with Gasteiger partial charge in [0.1, 0.15) is 22.4 Å². The molecule has 0 aliphatic heterocycles. The van der Waals surface area contributed by atoms with Crippen molar-refractivity contribution < 1.29 is 44.6 Å². The maximum atomic E-state index is 14.6. The molecule has 1 aliphatic carbocycles. The van der Waals surface area contributed by atoms with E-state index in [0.717, 1.165) is 24.4 Å². The second-order valence-electron chi connectivity index (χ2n) is 5.98. The van der Waals surface area contributed by atoms with Gasteiger partial charge in [-0.15, -0.1) is 0 Å². The third-order valence-corrected chi connectivity index (χ3v) is 4.57. The third-order valence-electron chi connectivity index (χ3n) is 3.47. The van der Waals surface area contributed by atoms with E-state index in [0.29, 0.717) is 6.08 Å². The number of carbonyl (C=O) groups is 1. The van der Waals surface area contributed by atoms with Gasteiger partial charge in [0.15, 0.2) is 6.61 Å². The van der Waals surface area contributed by atoms with Crippen molar-refractivity contribution in [3.8, 4) is 11.6 Å². The number of nitrogens with one attached hydrogen (secondary N) is 1. The highest BCUT2D eigenvalue weighted by molar-refractivity contribution is 7.87. The van der Waals surface area contributed by atoms with E-state index in [2.05, 4.69) is 14.9 Å². The number of amides is 1.